The van der Waals surface area contributed by atoms with Gasteiger partial charge in [-0.25, -0.2) is 0 Å². The Kier molecular flexibility index (Phi) is 4.72. The number of thiophene rings is 1. The fraction of sp³-hybridized carbons (Fsp3) is 0.414. The summed E-state index contributed by atoms with van der Waals surface area (Å²) in [6.07, 6.45) is 4.74. The lowest BCUT2D eigenvalue weighted by Gasteiger charge is -2.24. The predicted octanol–water partition coefficient (Wildman–Crippen LogP) is 5.26. The van der Waals surface area contributed by atoms with E-state index in [2.05, 4.69) is 54.8 Å². The molecule has 2 aromatic carbocycles. The van der Waals surface area contributed by atoms with Gasteiger partial charge in [-0.2, -0.15) is 0 Å². The average molecular weight is 484 g/mol. The summed E-state index contributed by atoms with van der Waals surface area (Å²) in [4.78, 5) is 34.9. The van der Waals surface area contributed by atoms with E-state index in [-0.39, 0.29) is 11.8 Å². The van der Waals surface area contributed by atoms with Gasteiger partial charge in [-0.3, -0.25) is 19.5 Å². The number of likely N-dealkylation sites (tertiary alicyclic amines) is 1. The van der Waals surface area contributed by atoms with Gasteiger partial charge >= 0.3 is 0 Å². The first-order valence-electron chi connectivity index (χ1n) is 12.8. The summed E-state index contributed by atoms with van der Waals surface area (Å²) in [5.41, 5.74) is 4.11. The molecule has 7 rings (SSSR count). The number of aryl methyl sites for hydroxylation is 1. The molecule has 1 saturated heterocycles. The van der Waals surface area contributed by atoms with E-state index < -0.39 is 5.54 Å². The number of carbonyl (C=O) groups excluding carboxylic acids is 2. The zero-order valence-corrected chi connectivity index (χ0v) is 20.8. The third-order valence-corrected chi connectivity index (χ3v) is 9.05. The van der Waals surface area contributed by atoms with Crippen molar-refractivity contribution in [3.8, 4) is 11.1 Å². The Morgan fingerprint density at radius 3 is 2.69 bits per heavy atom. The highest BCUT2D eigenvalue weighted by Crippen LogP contribution is 2.46. The monoisotopic (exact) mass is 483 g/mol. The minimum Gasteiger partial charge on any atom is -0.342 e. The molecule has 2 aliphatic heterocycles. The molecule has 6 heteroatoms. The number of hydrogen-bond donors (Lipinski definition) is 0. The van der Waals surface area contributed by atoms with Crippen LogP contribution in [0.25, 0.3) is 21.2 Å². The van der Waals surface area contributed by atoms with Gasteiger partial charge in [-0.1, -0.05) is 18.2 Å². The molecule has 0 bridgehead atoms. The number of amides is 2. The Balaban J connectivity index is 1.15. The highest BCUT2D eigenvalue weighted by atomic mass is 32.1. The van der Waals surface area contributed by atoms with Crippen LogP contribution < -0.4 is 0 Å². The fourth-order valence-corrected chi connectivity index (χ4v) is 6.55. The van der Waals surface area contributed by atoms with Crippen LogP contribution in [0, 0.1) is 18.8 Å². The van der Waals surface area contributed by atoms with Gasteiger partial charge in [0.1, 0.15) is 11.4 Å². The van der Waals surface area contributed by atoms with E-state index in [1.54, 1.807) is 11.3 Å². The number of hydrogen-bond acceptors (Lipinski definition) is 4. The maximum absolute atomic E-state index is 13.4. The first-order valence-corrected chi connectivity index (χ1v) is 13.7. The summed E-state index contributed by atoms with van der Waals surface area (Å²) in [5, 5.41) is 3.40. The molecule has 1 atom stereocenters. The highest BCUT2D eigenvalue weighted by molar-refractivity contribution is 7.17. The number of benzene rings is 2. The van der Waals surface area contributed by atoms with E-state index in [4.69, 9.17) is 4.99 Å². The van der Waals surface area contributed by atoms with Crippen LogP contribution in [0.2, 0.25) is 0 Å². The summed E-state index contributed by atoms with van der Waals surface area (Å²) in [7, 11) is 0. The van der Waals surface area contributed by atoms with Crippen LogP contribution >= 0.6 is 11.3 Å². The Hall–Kier alpha value is -2.99. The molecule has 35 heavy (non-hydrogen) atoms. The standard InChI is InChI=1S/C29H29N3O2S/c1-18-14-23(4-6-24(18)21-5-7-25-22(15-21)9-13-35-25)26-30-29(10-11-29)28(34)32(26)17-19-8-12-31(16-19)27(33)20-2-3-20/h4-7,9,13-15,19-20H,2-3,8,10-12,16-17H2,1H3/t19-/m1/s1. The van der Waals surface area contributed by atoms with Crippen molar-refractivity contribution in [1.82, 2.24) is 9.80 Å². The summed E-state index contributed by atoms with van der Waals surface area (Å²) in [6, 6.07) is 15.3. The molecular formula is C29H29N3O2S. The van der Waals surface area contributed by atoms with Gasteiger partial charge in [0.05, 0.1) is 0 Å². The van der Waals surface area contributed by atoms with E-state index in [0.29, 0.717) is 18.4 Å². The van der Waals surface area contributed by atoms with Crippen LogP contribution in [-0.4, -0.2) is 52.6 Å². The van der Waals surface area contributed by atoms with Crippen molar-refractivity contribution in [2.75, 3.05) is 19.6 Å². The smallest absolute Gasteiger partial charge is 0.256 e. The SMILES string of the molecule is Cc1cc(C2=NC3(CC3)C(=O)N2C[C@@H]2CCN(C(=O)C3CC3)C2)ccc1-c1ccc2sccc2c1. The van der Waals surface area contributed by atoms with Crippen LogP contribution in [-0.2, 0) is 9.59 Å². The van der Waals surface area contributed by atoms with Crippen molar-refractivity contribution in [1.29, 1.82) is 0 Å². The molecule has 2 saturated carbocycles. The van der Waals surface area contributed by atoms with Crippen LogP contribution in [0.5, 0.6) is 0 Å². The quantitative estimate of drug-likeness (QED) is 0.497. The van der Waals surface area contributed by atoms with Crippen LogP contribution in [0.4, 0.5) is 0 Å². The number of fused-ring (bicyclic) bond motifs is 1. The first kappa shape index (κ1) is 21.3. The zero-order valence-electron chi connectivity index (χ0n) is 20.0. The number of aliphatic imine (C=N–C) groups is 1. The number of amidine groups is 1. The first-order chi connectivity index (χ1) is 17.0. The summed E-state index contributed by atoms with van der Waals surface area (Å²) >= 11 is 1.76. The molecule has 3 heterocycles. The minimum atomic E-state index is -0.520. The Morgan fingerprint density at radius 2 is 1.91 bits per heavy atom. The van der Waals surface area contributed by atoms with Gasteiger partial charge in [0.15, 0.2) is 0 Å². The van der Waals surface area contributed by atoms with Crippen LogP contribution in [0.1, 0.15) is 43.2 Å². The van der Waals surface area contributed by atoms with Crippen molar-refractivity contribution < 1.29 is 9.59 Å². The summed E-state index contributed by atoms with van der Waals surface area (Å²) < 4.78 is 1.30. The van der Waals surface area contributed by atoms with E-state index in [0.717, 1.165) is 56.6 Å². The molecule has 3 aromatic rings. The van der Waals surface area contributed by atoms with Crippen molar-refractivity contribution in [3.63, 3.8) is 0 Å². The van der Waals surface area contributed by atoms with Gasteiger partial charge in [0.25, 0.3) is 5.91 Å². The van der Waals surface area contributed by atoms with Gasteiger partial charge in [-0.15, -0.1) is 11.3 Å². The van der Waals surface area contributed by atoms with Gasteiger partial charge < -0.3 is 4.90 Å². The molecule has 178 valence electrons. The molecule has 0 unspecified atom stereocenters. The normalized spacial score (nSPS) is 22.9. The summed E-state index contributed by atoms with van der Waals surface area (Å²) in [5.74, 6) is 1.88. The lowest BCUT2D eigenvalue weighted by atomic mass is 9.97. The highest BCUT2D eigenvalue weighted by Gasteiger charge is 2.57. The van der Waals surface area contributed by atoms with Crippen LogP contribution in [0.3, 0.4) is 0 Å². The molecule has 2 aliphatic carbocycles. The molecular weight excluding hydrogens is 454 g/mol. The van der Waals surface area contributed by atoms with Gasteiger partial charge in [0, 0.05) is 35.8 Å². The summed E-state index contributed by atoms with van der Waals surface area (Å²) in [6.45, 7) is 4.39. The Morgan fingerprint density at radius 1 is 1.09 bits per heavy atom. The van der Waals surface area contributed by atoms with Crippen molar-refractivity contribution >= 4 is 39.1 Å². The second kappa shape index (κ2) is 7.76. The lowest BCUT2D eigenvalue weighted by Crippen LogP contribution is -2.41. The fourth-order valence-electron chi connectivity index (χ4n) is 5.78. The number of nitrogens with zero attached hydrogens (tertiary/aromatic N) is 3. The van der Waals surface area contributed by atoms with Gasteiger partial charge in [-0.05, 0) is 96.7 Å². The largest absolute Gasteiger partial charge is 0.342 e. The van der Waals surface area contributed by atoms with Crippen LogP contribution in [0.15, 0.2) is 52.8 Å². The third-order valence-electron chi connectivity index (χ3n) is 8.16. The number of rotatable bonds is 5. The van der Waals surface area contributed by atoms with E-state index in [1.807, 2.05) is 9.80 Å². The van der Waals surface area contributed by atoms with E-state index >= 15 is 0 Å². The van der Waals surface area contributed by atoms with Gasteiger partial charge in [0.2, 0.25) is 5.91 Å². The van der Waals surface area contributed by atoms with Crippen molar-refractivity contribution in [3.05, 3.63) is 59.0 Å². The van der Waals surface area contributed by atoms with E-state index in [1.165, 1.54) is 26.8 Å². The molecule has 4 aliphatic rings. The third kappa shape index (κ3) is 3.61. The molecule has 1 aromatic heterocycles. The number of carbonyl (C=O) groups is 2. The molecule has 3 fully saturated rings. The Labute approximate surface area is 209 Å². The second-order valence-corrected chi connectivity index (χ2v) is 11.7. The predicted molar refractivity (Wildman–Crippen MR) is 140 cm³/mol. The average Bonchev–Trinajstić information content (AvgIpc) is 3.74. The minimum absolute atomic E-state index is 0.157. The Bertz CT molecular complexity index is 1400. The maximum atomic E-state index is 13.4. The van der Waals surface area contributed by atoms with Crippen molar-refractivity contribution in [2.45, 2.75) is 44.6 Å². The maximum Gasteiger partial charge on any atom is 0.256 e. The molecule has 1 spiro atoms. The molecule has 0 radical (unpaired) electrons. The molecule has 0 N–H and O–H groups in total. The van der Waals surface area contributed by atoms with E-state index in [9.17, 15) is 9.59 Å². The molecule has 2 amide bonds. The second-order valence-electron chi connectivity index (χ2n) is 10.8. The zero-order chi connectivity index (χ0) is 23.7. The molecule has 5 nitrogen and oxygen atoms in total. The lowest BCUT2D eigenvalue weighted by molar-refractivity contribution is -0.131. The topological polar surface area (TPSA) is 53.0 Å². The van der Waals surface area contributed by atoms with Crippen molar-refractivity contribution in [2.24, 2.45) is 16.8 Å².